The number of aromatic amines is 1. The Morgan fingerprint density at radius 3 is 3.19 bits per heavy atom. The molecule has 0 saturated carbocycles. The number of hydrogen-bond donors (Lipinski definition) is 1. The molecule has 0 amide bonds. The van der Waals surface area contributed by atoms with Crippen LogP contribution in [0.25, 0.3) is 10.8 Å². The molecular formula is C13H14N4O2S2. The van der Waals surface area contributed by atoms with Gasteiger partial charge in [0.15, 0.2) is 15.9 Å². The summed E-state index contributed by atoms with van der Waals surface area (Å²) in [7, 11) is 0. The highest BCUT2D eigenvalue weighted by Crippen LogP contribution is 2.27. The second-order valence-corrected chi connectivity index (χ2v) is 6.17. The monoisotopic (exact) mass is 322 g/mol. The van der Waals surface area contributed by atoms with Gasteiger partial charge in [-0.2, -0.15) is 0 Å². The Morgan fingerprint density at radius 1 is 1.52 bits per heavy atom. The number of furan rings is 1. The van der Waals surface area contributed by atoms with E-state index >= 15 is 0 Å². The Morgan fingerprint density at radius 2 is 2.43 bits per heavy atom. The van der Waals surface area contributed by atoms with Crippen molar-refractivity contribution in [1.29, 1.82) is 0 Å². The van der Waals surface area contributed by atoms with E-state index in [1.54, 1.807) is 22.2 Å². The predicted octanol–water partition coefficient (Wildman–Crippen LogP) is 2.99. The minimum absolute atomic E-state index is 0.158. The number of rotatable bonds is 6. The fourth-order valence-electron chi connectivity index (χ4n) is 1.86. The van der Waals surface area contributed by atoms with Crippen molar-refractivity contribution >= 4 is 23.1 Å². The first-order valence-corrected chi connectivity index (χ1v) is 8.40. The largest absolute Gasteiger partial charge is 0.462 e. The summed E-state index contributed by atoms with van der Waals surface area (Å²) in [4.78, 5) is 16.1. The minimum Gasteiger partial charge on any atom is -0.462 e. The maximum Gasteiger partial charge on any atom is 0.343 e. The van der Waals surface area contributed by atoms with Crippen LogP contribution in [0.2, 0.25) is 0 Å². The Bertz CT molecular complexity index is 757. The lowest BCUT2D eigenvalue weighted by atomic mass is 10.5. The molecule has 0 aliphatic rings. The number of thiazole rings is 1. The average Bonchev–Trinajstić information content (AvgIpc) is 3.19. The Hall–Kier alpha value is -1.80. The number of thioether (sulfide) groups is 1. The molecule has 110 valence electrons. The van der Waals surface area contributed by atoms with Crippen LogP contribution < -0.4 is 5.69 Å². The lowest BCUT2D eigenvalue weighted by Crippen LogP contribution is -2.17. The molecular weight excluding hydrogens is 308 g/mol. The van der Waals surface area contributed by atoms with Gasteiger partial charge in [0, 0.05) is 17.7 Å². The van der Waals surface area contributed by atoms with E-state index in [9.17, 15) is 4.79 Å². The van der Waals surface area contributed by atoms with Gasteiger partial charge < -0.3 is 4.42 Å². The first-order valence-electron chi connectivity index (χ1n) is 6.54. The molecule has 0 aliphatic heterocycles. The third-order valence-corrected chi connectivity index (χ3v) is 4.72. The van der Waals surface area contributed by atoms with Crippen molar-refractivity contribution in [1.82, 2.24) is 19.7 Å². The van der Waals surface area contributed by atoms with Crippen LogP contribution in [0.15, 0.2) is 38.1 Å². The van der Waals surface area contributed by atoms with Crippen LogP contribution in [0.3, 0.4) is 0 Å². The molecule has 21 heavy (non-hydrogen) atoms. The van der Waals surface area contributed by atoms with E-state index in [4.69, 9.17) is 4.42 Å². The fraction of sp³-hybridized carbons (Fsp3) is 0.308. The van der Waals surface area contributed by atoms with Gasteiger partial charge in [0.05, 0.1) is 12.0 Å². The first-order chi connectivity index (χ1) is 10.3. The van der Waals surface area contributed by atoms with Gasteiger partial charge in [0.25, 0.3) is 0 Å². The van der Waals surface area contributed by atoms with Crippen molar-refractivity contribution in [2.75, 3.05) is 0 Å². The van der Waals surface area contributed by atoms with Crippen molar-refractivity contribution < 1.29 is 4.42 Å². The zero-order valence-electron chi connectivity index (χ0n) is 11.4. The molecule has 3 rings (SSSR count). The van der Waals surface area contributed by atoms with E-state index in [0.29, 0.717) is 17.5 Å². The highest BCUT2D eigenvalue weighted by atomic mass is 32.2. The second-order valence-electron chi connectivity index (χ2n) is 4.37. The van der Waals surface area contributed by atoms with Crippen molar-refractivity contribution in [3.05, 3.63) is 40.0 Å². The number of nitrogens with one attached hydrogen (secondary N) is 1. The summed E-state index contributed by atoms with van der Waals surface area (Å²) in [5.41, 5.74) is 0.795. The van der Waals surface area contributed by atoms with Gasteiger partial charge in [0.2, 0.25) is 0 Å². The van der Waals surface area contributed by atoms with E-state index in [0.717, 1.165) is 22.9 Å². The molecule has 1 N–H and O–H groups in total. The Labute approximate surface area is 129 Å². The summed E-state index contributed by atoms with van der Waals surface area (Å²) in [5, 5.41) is 10.1. The summed E-state index contributed by atoms with van der Waals surface area (Å²) < 4.78 is 6.99. The van der Waals surface area contributed by atoms with Crippen LogP contribution in [-0.4, -0.2) is 19.7 Å². The smallest absolute Gasteiger partial charge is 0.343 e. The van der Waals surface area contributed by atoms with Crippen molar-refractivity contribution in [3.8, 4) is 10.8 Å². The minimum atomic E-state index is -0.158. The average molecular weight is 322 g/mol. The van der Waals surface area contributed by atoms with Gasteiger partial charge in [-0.3, -0.25) is 4.57 Å². The fourth-order valence-corrected chi connectivity index (χ4v) is 3.62. The number of aromatic nitrogens is 4. The van der Waals surface area contributed by atoms with Crippen LogP contribution in [0.4, 0.5) is 0 Å². The van der Waals surface area contributed by atoms with Gasteiger partial charge in [-0.15, -0.1) is 16.4 Å². The standard InChI is InChI=1S/C13H14N4O2S2/c1-2-5-17-12(18)15-16-13(17)21-8-9-7-20-11(14-9)10-4-3-6-19-10/h3-4,6-7H,2,5,8H2,1H3,(H,15,18). The summed E-state index contributed by atoms with van der Waals surface area (Å²) in [6.07, 6.45) is 2.53. The molecule has 0 unspecified atom stereocenters. The molecule has 0 fully saturated rings. The lowest BCUT2D eigenvalue weighted by molar-refractivity contribution is 0.581. The van der Waals surface area contributed by atoms with Crippen molar-refractivity contribution in [2.45, 2.75) is 30.8 Å². The third kappa shape index (κ3) is 3.11. The number of nitrogens with zero attached hydrogens (tertiary/aromatic N) is 3. The molecule has 3 aromatic rings. The highest BCUT2D eigenvalue weighted by Gasteiger charge is 2.11. The molecule has 0 aromatic carbocycles. The van der Waals surface area contributed by atoms with Crippen molar-refractivity contribution in [3.63, 3.8) is 0 Å². The summed E-state index contributed by atoms with van der Waals surface area (Å²) in [5.74, 6) is 1.45. The van der Waals surface area contributed by atoms with Gasteiger partial charge in [-0.25, -0.2) is 14.9 Å². The van der Waals surface area contributed by atoms with Crippen LogP contribution in [0, 0.1) is 0 Å². The second kappa shape index (κ2) is 6.31. The van der Waals surface area contributed by atoms with E-state index < -0.39 is 0 Å². The molecule has 0 spiro atoms. The van der Waals surface area contributed by atoms with Gasteiger partial charge in [-0.1, -0.05) is 18.7 Å². The van der Waals surface area contributed by atoms with E-state index in [2.05, 4.69) is 15.2 Å². The van der Waals surface area contributed by atoms with Gasteiger partial charge >= 0.3 is 5.69 Å². The predicted molar refractivity (Wildman–Crippen MR) is 82.5 cm³/mol. The molecule has 3 heterocycles. The quantitative estimate of drug-likeness (QED) is 0.706. The molecule has 0 bridgehead atoms. The third-order valence-electron chi connectivity index (χ3n) is 2.80. The van der Waals surface area contributed by atoms with Gasteiger partial charge in [-0.05, 0) is 18.6 Å². The van der Waals surface area contributed by atoms with E-state index in [1.807, 2.05) is 24.4 Å². The summed E-state index contributed by atoms with van der Waals surface area (Å²) in [6, 6.07) is 3.74. The summed E-state index contributed by atoms with van der Waals surface area (Å²) >= 11 is 3.05. The molecule has 0 atom stereocenters. The maximum atomic E-state index is 11.6. The Kier molecular flexibility index (Phi) is 4.26. The molecule has 0 radical (unpaired) electrons. The van der Waals surface area contributed by atoms with E-state index in [1.165, 1.54) is 11.8 Å². The molecule has 0 aliphatic carbocycles. The van der Waals surface area contributed by atoms with Crippen LogP contribution >= 0.6 is 23.1 Å². The topological polar surface area (TPSA) is 76.7 Å². The normalized spacial score (nSPS) is 11.1. The summed E-state index contributed by atoms with van der Waals surface area (Å²) in [6.45, 7) is 2.70. The number of hydrogen-bond acceptors (Lipinski definition) is 6. The SMILES string of the molecule is CCCn1c(SCc2csc(-c3ccco3)n2)n[nH]c1=O. The molecule has 0 saturated heterocycles. The van der Waals surface area contributed by atoms with Gasteiger partial charge in [0.1, 0.15) is 0 Å². The molecule has 8 heteroatoms. The first kappa shape index (κ1) is 14.2. The van der Waals surface area contributed by atoms with E-state index in [-0.39, 0.29) is 5.69 Å². The zero-order chi connectivity index (χ0) is 14.7. The number of H-pyrrole nitrogens is 1. The molecule has 3 aromatic heterocycles. The zero-order valence-corrected chi connectivity index (χ0v) is 13.0. The van der Waals surface area contributed by atoms with Crippen molar-refractivity contribution in [2.24, 2.45) is 0 Å². The van der Waals surface area contributed by atoms with Crippen LogP contribution in [-0.2, 0) is 12.3 Å². The highest BCUT2D eigenvalue weighted by molar-refractivity contribution is 7.98. The lowest BCUT2D eigenvalue weighted by Gasteiger charge is -2.01. The molecule has 6 nitrogen and oxygen atoms in total. The van der Waals surface area contributed by atoms with Crippen LogP contribution in [0.5, 0.6) is 0 Å². The maximum absolute atomic E-state index is 11.6. The Balaban J connectivity index is 1.70. The van der Waals surface area contributed by atoms with Crippen LogP contribution in [0.1, 0.15) is 19.0 Å².